The van der Waals surface area contributed by atoms with E-state index in [0.29, 0.717) is 0 Å². The van der Waals surface area contributed by atoms with Crippen LogP contribution in [0.2, 0.25) is 0 Å². The number of hydrogen-bond donors (Lipinski definition) is 1. The molecule has 0 bridgehead atoms. The zero-order chi connectivity index (χ0) is 3.58. The summed E-state index contributed by atoms with van der Waals surface area (Å²) >= 11 is 5.76. The van der Waals surface area contributed by atoms with Crippen molar-refractivity contribution in [2.75, 3.05) is 0 Å². The van der Waals surface area contributed by atoms with Crippen molar-refractivity contribution in [2.45, 2.75) is 0 Å². The fourth-order valence-electron chi connectivity index (χ4n) is 0. The van der Waals surface area contributed by atoms with Gasteiger partial charge in [0.05, 0.1) is 0 Å². The molecule has 0 aliphatic rings. The summed E-state index contributed by atoms with van der Waals surface area (Å²) in [6.07, 6.45) is 0. The summed E-state index contributed by atoms with van der Waals surface area (Å²) in [7, 11) is -0.486. The van der Waals surface area contributed by atoms with E-state index >= 15 is 0 Å². The Hall–Kier alpha value is 1.11. The Labute approximate surface area is 42.1 Å². The quantitative estimate of drug-likeness (QED) is 0.627. The smallest absolute Gasteiger partial charge is 0.0335 e. The zero-order valence-electron chi connectivity index (χ0n) is 1.66. The molecule has 4 heavy (non-hydrogen) atoms. The van der Waals surface area contributed by atoms with E-state index in [-0.39, 0.29) is 0 Å². The van der Waals surface area contributed by atoms with Gasteiger partial charge in [-0.3, -0.25) is 4.78 Å². The second kappa shape index (κ2) is 2.35. The summed E-state index contributed by atoms with van der Waals surface area (Å²) in [5.74, 6) is 0. The Morgan fingerprint density at radius 2 is 1.50 bits per heavy atom. The second-order valence-electron chi connectivity index (χ2n) is 0.213. The lowest BCUT2D eigenvalue weighted by Crippen LogP contribution is -1.30. The highest BCUT2D eigenvalue weighted by Crippen LogP contribution is 2.00. The molecule has 4 heteroatoms. The molecule has 0 aliphatic carbocycles. The van der Waals surface area contributed by atoms with Crippen molar-refractivity contribution in [1.29, 1.82) is 4.78 Å². The predicted molar refractivity (Wildman–Crippen MR) is 27.9 cm³/mol. The highest BCUT2D eigenvalue weighted by atomic mass is 79.9. The van der Waals surface area contributed by atoms with E-state index < -0.39 is 7.56 Å². The van der Waals surface area contributed by atoms with Gasteiger partial charge in [0.1, 0.15) is 0 Å². The third-order valence-corrected chi connectivity index (χ3v) is 0. The molecule has 1 N–H and O–H groups in total. The van der Waals surface area contributed by atoms with E-state index in [0.717, 1.165) is 0 Å². The molecule has 26 valence electrons. The largest absolute Gasteiger partial charge is 0.259 e. The van der Waals surface area contributed by atoms with Crippen molar-refractivity contribution in [3.63, 3.8) is 0 Å². The Balaban J connectivity index is 2.80. The minimum Gasteiger partial charge on any atom is -0.259 e. The second-order valence-corrected chi connectivity index (χ2v) is 7.13. The van der Waals surface area contributed by atoms with E-state index in [1.165, 1.54) is 0 Å². The molecule has 0 aromatic carbocycles. The molecule has 0 saturated carbocycles. The summed E-state index contributed by atoms with van der Waals surface area (Å²) in [5, 5.41) is 0. The molecule has 0 aromatic heterocycles. The normalized spacial score (nSPS) is 8.75. The number of halogens is 2. The summed E-state index contributed by atoms with van der Waals surface area (Å²) in [6.45, 7) is 0. The van der Waals surface area contributed by atoms with Gasteiger partial charge in [-0.05, 0) is 0 Å². The van der Waals surface area contributed by atoms with Gasteiger partial charge in [0.2, 0.25) is 0 Å². The summed E-state index contributed by atoms with van der Waals surface area (Å²) < 4.78 is 6.44. The monoisotopic (exact) mass is 205 g/mol. The van der Waals surface area contributed by atoms with E-state index in [9.17, 15) is 0 Å². The van der Waals surface area contributed by atoms with Gasteiger partial charge in [0.15, 0.2) is 0 Å². The van der Waals surface area contributed by atoms with E-state index in [1.807, 2.05) is 0 Å². The van der Waals surface area contributed by atoms with Crippen molar-refractivity contribution in [1.82, 2.24) is 0 Å². The first-order valence-electron chi connectivity index (χ1n) is 0.513. The molecule has 0 spiro atoms. The Bertz CT molecular complexity index is 29.0. The van der Waals surface area contributed by atoms with Crippen LogP contribution in [-0.2, 0) is 7.56 Å². The van der Waals surface area contributed by atoms with Crippen LogP contribution < -0.4 is 0 Å². The Morgan fingerprint density at radius 1 is 1.50 bits per heavy atom. The van der Waals surface area contributed by atoms with E-state index in [4.69, 9.17) is 4.78 Å². The molecule has 0 unspecified atom stereocenters. The van der Waals surface area contributed by atoms with Crippen LogP contribution >= 0.6 is 29.6 Å². The third kappa shape index (κ3) is 11.2. The number of hydrogen-bond acceptors (Lipinski definition) is 1. The SMILES string of the molecule is N=S(Br)Br. The minimum atomic E-state index is -0.486. The van der Waals surface area contributed by atoms with Gasteiger partial charge in [0, 0.05) is 37.2 Å². The fourth-order valence-corrected chi connectivity index (χ4v) is 0. The molecule has 1 nitrogen and oxygen atoms in total. The molecule has 0 fully saturated rings. The number of nitrogens with one attached hydrogen (secondary N) is 1. The minimum absolute atomic E-state index is 0.486. The highest BCUT2D eigenvalue weighted by molar-refractivity contribution is 9.78. The first-order chi connectivity index (χ1) is 1.73. The topological polar surface area (TPSA) is 23.9 Å². The van der Waals surface area contributed by atoms with Crippen LogP contribution in [0.5, 0.6) is 0 Å². The van der Waals surface area contributed by atoms with Crippen LogP contribution in [0.15, 0.2) is 0 Å². The maximum absolute atomic E-state index is 6.44. The first-order valence-corrected chi connectivity index (χ1v) is 5.42. The van der Waals surface area contributed by atoms with Gasteiger partial charge in [0.25, 0.3) is 0 Å². The van der Waals surface area contributed by atoms with Crippen LogP contribution in [-0.4, -0.2) is 0 Å². The predicted octanol–water partition coefficient (Wildman–Crippen LogP) is 1.99. The molecule has 0 amide bonds. The molecule has 0 aliphatic heterocycles. The molecular formula is HBr2NS. The van der Waals surface area contributed by atoms with Crippen molar-refractivity contribution in [2.24, 2.45) is 0 Å². The molecule has 0 rings (SSSR count). The molecule has 0 heterocycles. The van der Waals surface area contributed by atoms with E-state index in [1.54, 1.807) is 0 Å². The standard InChI is InChI=1S/Br2HNS/c1-4(2)3/h3H. The number of rotatable bonds is 0. The van der Waals surface area contributed by atoms with Gasteiger partial charge in [-0.15, -0.1) is 0 Å². The molecule has 0 radical (unpaired) electrons. The van der Waals surface area contributed by atoms with Crippen molar-refractivity contribution in [3.05, 3.63) is 0 Å². The van der Waals surface area contributed by atoms with E-state index in [2.05, 4.69) is 29.6 Å². The van der Waals surface area contributed by atoms with Gasteiger partial charge < -0.3 is 0 Å². The van der Waals surface area contributed by atoms with Crippen molar-refractivity contribution >= 4 is 37.2 Å². The van der Waals surface area contributed by atoms with Gasteiger partial charge >= 0.3 is 0 Å². The van der Waals surface area contributed by atoms with Crippen LogP contribution in [0.3, 0.4) is 0 Å². The first kappa shape index (κ1) is 5.11. The molecule has 0 aromatic rings. The maximum Gasteiger partial charge on any atom is 0.0335 e. The lowest BCUT2D eigenvalue weighted by molar-refractivity contribution is 1.66. The zero-order valence-corrected chi connectivity index (χ0v) is 5.65. The average Bonchev–Trinajstić information content (AvgIpc) is 0.811. The third-order valence-electron chi connectivity index (χ3n) is 0. The van der Waals surface area contributed by atoms with Crippen molar-refractivity contribution < 1.29 is 0 Å². The molecular weight excluding hydrogens is 206 g/mol. The summed E-state index contributed by atoms with van der Waals surface area (Å²) in [6, 6.07) is 0. The maximum atomic E-state index is 6.44. The van der Waals surface area contributed by atoms with Gasteiger partial charge in [-0.1, -0.05) is 0 Å². The Kier molecular flexibility index (Phi) is 3.01. The average molecular weight is 207 g/mol. The Morgan fingerprint density at radius 3 is 1.50 bits per heavy atom. The van der Waals surface area contributed by atoms with Crippen molar-refractivity contribution in [3.8, 4) is 0 Å². The molecule has 0 atom stereocenters. The van der Waals surface area contributed by atoms with Crippen LogP contribution in [0.4, 0.5) is 0 Å². The van der Waals surface area contributed by atoms with Crippen LogP contribution in [0.1, 0.15) is 0 Å². The summed E-state index contributed by atoms with van der Waals surface area (Å²) in [5.41, 5.74) is 0. The van der Waals surface area contributed by atoms with Gasteiger partial charge in [-0.25, -0.2) is 0 Å². The summed E-state index contributed by atoms with van der Waals surface area (Å²) in [4.78, 5) is 0. The highest BCUT2D eigenvalue weighted by Gasteiger charge is 1.58. The van der Waals surface area contributed by atoms with Crippen LogP contribution in [0.25, 0.3) is 0 Å². The lowest BCUT2D eigenvalue weighted by Gasteiger charge is -1.59. The fraction of sp³-hybridized carbons (Fsp3) is 0. The lowest BCUT2D eigenvalue weighted by atomic mass is 14.0. The molecule has 0 saturated heterocycles. The van der Waals surface area contributed by atoms with Gasteiger partial charge in [-0.2, -0.15) is 0 Å². The van der Waals surface area contributed by atoms with Crippen LogP contribution in [0, 0.1) is 4.78 Å².